The molecule has 0 spiro atoms. The van der Waals surface area contributed by atoms with E-state index in [0.29, 0.717) is 17.7 Å². The summed E-state index contributed by atoms with van der Waals surface area (Å²) in [6.07, 6.45) is 0.738. The number of hydrogen-bond acceptors (Lipinski definition) is 6. The van der Waals surface area contributed by atoms with Gasteiger partial charge in [-0.1, -0.05) is 85.8 Å². The van der Waals surface area contributed by atoms with Crippen molar-refractivity contribution in [2.24, 2.45) is 5.92 Å². The lowest BCUT2D eigenvalue weighted by Gasteiger charge is -2.24. The fraction of sp³-hybridized carbons (Fsp3) is 0.243. The van der Waals surface area contributed by atoms with E-state index in [0.717, 1.165) is 22.3 Å². The van der Waals surface area contributed by atoms with Crippen LogP contribution < -0.4 is 20.7 Å². The monoisotopic (exact) mass is 637 g/mol. The highest BCUT2D eigenvalue weighted by atomic mass is 16.5. The third kappa shape index (κ3) is 10.5. The number of carboxylic acid groups (broad SMARTS) is 1. The average Bonchev–Trinajstić information content (AvgIpc) is 3.08. The number of carbonyl (C=O) groups excluding carboxylic acids is 3. The van der Waals surface area contributed by atoms with Crippen molar-refractivity contribution in [2.75, 3.05) is 13.7 Å². The number of aliphatic carboxylic acids is 1. The second-order valence-electron chi connectivity index (χ2n) is 11.3. The van der Waals surface area contributed by atoms with Crippen LogP contribution in [0.25, 0.3) is 11.1 Å². The van der Waals surface area contributed by atoms with Crippen LogP contribution in [0.5, 0.6) is 11.5 Å². The van der Waals surface area contributed by atoms with Crippen molar-refractivity contribution in [1.29, 1.82) is 0 Å². The molecule has 0 saturated carbocycles. The third-order valence-corrected chi connectivity index (χ3v) is 7.66. The molecule has 5 N–H and O–H groups in total. The van der Waals surface area contributed by atoms with Crippen molar-refractivity contribution in [3.8, 4) is 22.6 Å². The van der Waals surface area contributed by atoms with E-state index in [1.54, 1.807) is 55.5 Å². The highest BCUT2D eigenvalue weighted by molar-refractivity contribution is 5.92. The van der Waals surface area contributed by atoms with Crippen molar-refractivity contribution in [1.82, 2.24) is 16.0 Å². The summed E-state index contributed by atoms with van der Waals surface area (Å²) in [4.78, 5) is 50.9. The molecule has 0 radical (unpaired) electrons. The van der Waals surface area contributed by atoms with Gasteiger partial charge < -0.3 is 30.9 Å². The van der Waals surface area contributed by atoms with Crippen LogP contribution in [-0.2, 0) is 38.4 Å². The number of rotatable bonds is 15. The van der Waals surface area contributed by atoms with Gasteiger partial charge in [-0.3, -0.25) is 14.4 Å². The lowest BCUT2D eigenvalue weighted by molar-refractivity contribution is -0.139. The minimum absolute atomic E-state index is 0.133. The standard InChI is InChI=1S/C37H39N3O7/c1-24(20-25-10-16-30(41)17-11-25)35(44)39-33(22-26-8-14-29(15-9-26)28-6-4-3-5-7-28)37(46)40-32(36(45)38-2)21-27-12-18-31(19-13-27)47-23-34(42)43/h3-19,24,32-33,41H,20-23H2,1-2H3,(H,38,45)(H,39,44)(H,40,46)(H,42,43)/t24-,32-,33-/m0/s1. The Morgan fingerprint density at radius 1 is 0.638 bits per heavy atom. The van der Waals surface area contributed by atoms with Crippen molar-refractivity contribution in [3.63, 3.8) is 0 Å². The molecule has 10 nitrogen and oxygen atoms in total. The number of hydrogen-bond donors (Lipinski definition) is 5. The first kappa shape index (κ1) is 34.2. The summed E-state index contributed by atoms with van der Waals surface area (Å²) in [6, 6.07) is 28.9. The van der Waals surface area contributed by atoms with Gasteiger partial charge in [0.05, 0.1) is 0 Å². The fourth-order valence-corrected chi connectivity index (χ4v) is 5.06. The number of phenolic OH excluding ortho intramolecular Hbond substituents is 1. The summed E-state index contributed by atoms with van der Waals surface area (Å²) in [5, 5.41) is 26.7. The predicted octanol–water partition coefficient (Wildman–Crippen LogP) is 3.90. The Morgan fingerprint density at radius 2 is 1.13 bits per heavy atom. The van der Waals surface area contributed by atoms with Crippen LogP contribution in [0.4, 0.5) is 0 Å². The van der Waals surface area contributed by atoms with E-state index in [1.165, 1.54) is 7.05 Å². The minimum atomic E-state index is -1.10. The SMILES string of the molecule is CNC(=O)[C@H](Cc1ccc(OCC(=O)O)cc1)NC(=O)[C@H](Cc1ccc(-c2ccccc2)cc1)NC(=O)[C@@H](C)Cc1ccc(O)cc1. The highest BCUT2D eigenvalue weighted by Crippen LogP contribution is 2.20. The van der Waals surface area contributed by atoms with Crippen LogP contribution in [0.1, 0.15) is 23.6 Å². The molecular formula is C37H39N3O7. The molecule has 0 fully saturated rings. The van der Waals surface area contributed by atoms with Crippen LogP contribution in [0.3, 0.4) is 0 Å². The molecule has 4 aromatic rings. The van der Waals surface area contributed by atoms with Gasteiger partial charge in [-0.15, -0.1) is 0 Å². The van der Waals surface area contributed by atoms with E-state index in [9.17, 15) is 24.3 Å². The zero-order valence-corrected chi connectivity index (χ0v) is 26.3. The van der Waals surface area contributed by atoms with Crippen molar-refractivity contribution in [3.05, 3.63) is 120 Å². The molecule has 4 aromatic carbocycles. The normalized spacial score (nSPS) is 12.6. The van der Waals surface area contributed by atoms with Crippen molar-refractivity contribution >= 4 is 23.7 Å². The van der Waals surface area contributed by atoms with Gasteiger partial charge in [-0.05, 0) is 58.5 Å². The second kappa shape index (κ2) is 16.6. The molecule has 0 aliphatic rings. The summed E-state index contributed by atoms with van der Waals surface area (Å²) < 4.78 is 5.18. The van der Waals surface area contributed by atoms with Crippen LogP contribution in [0, 0.1) is 5.92 Å². The molecule has 244 valence electrons. The molecule has 3 amide bonds. The van der Waals surface area contributed by atoms with Crippen LogP contribution in [0.2, 0.25) is 0 Å². The Balaban J connectivity index is 1.51. The number of aromatic hydroxyl groups is 1. The Labute approximate surface area is 273 Å². The maximum absolute atomic E-state index is 13.8. The van der Waals surface area contributed by atoms with Gasteiger partial charge in [0.25, 0.3) is 0 Å². The lowest BCUT2D eigenvalue weighted by Crippen LogP contribution is -2.55. The van der Waals surface area contributed by atoms with Gasteiger partial charge in [0.1, 0.15) is 23.6 Å². The first-order valence-electron chi connectivity index (χ1n) is 15.3. The molecule has 0 aromatic heterocycles. The summed E-state index contributed by atoms with van der Waals surface area (Å²) in [5.41, 5.74) is 4.47. The lowest BCUT2D eigenvalue weighted by atomic mass is 9.97. The molecule has 0 aliphatic heterocycles. The number of likely N-dealkylation sites (N-methyl/N-ethyl adjacent to an activating group) is 1. The van der Waals surface area contributed by atoms with Crippen LogP contribution in [0.15, 0.2) is 103 Å². The Morgan fingerprint density at radius 3 is 1.70 bits per heavy atom. The maximum atomic E-state index is 13.8. The smallest absolute Gasteiger partial charge is 0.341 e. The molecule has 0 heterocycles. The molecular weight excluding hydrogens is 598 g/mol. The Kier molecular flexibility index (Phi) is 12.1. The number of benzene rings is 4. The maximum Gasteiger partial charge on any atom is 0.341 e. The van der Waals surface area contributed by atoms with Gasteiger partial charge in [0.15, 0.2) is 6.61 Å². The topological polar surface area (TPSA) is 154 Å². The van der Waals surface area contributed by atoms with Crippen molar-refractivity contribution in [2.45, 2.75) is 38.3 Å². The molecule has 0 saturated heterocycles. The van der Waals surface area contributed by atoms with Gasteiger partial charge in [-0.25, -0.2) is 4.79 Å². The molecule has 10 heteroatoms. The molecule has 0 unspecified atom stereocenters. The first-order chi connectivity index (χ1) is 22.6. The summed E-state index contributed by atoms with van der Waals surface area (Å²) in [5.74, 6) is -2.34. The van der Waals surface area contributed by atoms with E-state index >= 15 is 0 Å². The summed E-state index contributed by atoms with van der Waals surface area (Å²) in [7, 11) is 1.48. The van der Waals surface area contributed by atoms with E-state index < -0.39 is 42.4 Å². The number of ether oxygens (including phenoxy) is 1. The zero-order chi connectivity index (χ0) is 33.8. The minimum Gasteiger partial charge on any atom is -0.508 e. The van der Waals surface area contributed by atoms with E-state index in [1.807, 2.05) is 54.6 Å². The predicted molar refractivity (Wildman–Crippen MR) is 178 cm³/mol. The average molecular weight is 638 g/mol. The Hall–Kier alpha value is -5.64. The summed E-state index contributed by atoms with van der Waals surface area (Å²) in [6.45, 7) is 1.29. The largest absolute Gasteiger partial charge is 0.508 e. The molecule has 4 rings (SSSR count). The molecule has 47 heavy (non-hydrogen) atoms. The quantitative estimate of drug-likeness (QED) is 0.133. The second-order valence-corrected chi connectivity index (χ2v) is 11.3. The summed E-state index contributed by atoms with van der Waals surface area (Å²) >= 11 is 0. The number of carboxylic acids is 1. The van der Waals surface area contributed by atoms with E-state index in [-0.39, 0.29) is 24.5 Å². The third-order valence-electron chi connectivity index (χ3n) is 7.66. The zero-order valence-electron chi connectivity index (χ0n) is 26.3. The van der Waals surface area contributed by atoms with Crippen LogP contribution in [-0.4, -0.2) is 59.6 Å². The molecule has 0 aliphatic carbocycles. The highest BCUT2D eigenvalue weighted by Gasteiger charge is 2.28. The molecule has 0 bridgehead atoms. The van der Waals surface area contributed by atoms with E-state index in [4.69, 9.17) is 9.84 Å². The van der Waals surface area contributed by atoms with Gasteiger partial charge in [0.2, 0.25) is 17.7 Å². The number of carbonyl (C=O) groups is 4. The van der Waals surface area contributed by atoms with Gasteiger partial charge in [0, 0.05) is 25.8 Å². The van der Waals surface area contributed by atoms with Gasteiger partial charge >= 0.3 is 5.97 Å². The fourth-order valence-electron chi connectivity index (χ4n) is 5.06. The van der Waals surface area contributed by atoms with Crippen LogP contribution >= 0.6 is 0 Å². The molecule has 3 atom stereocenters. The van der Waals surface area contributed by atoms with E-state index in [2.05, 4.69) is 16.0 Å². The number of amides is 3. The Bertz CT molecular complexity index is 1640. The van der Waals surface area contributed by atoms with Gasteiger partial charge in [-0.2, -0.15) is 0 Å². The first-order valence-corrected chi connectivity index (χ1v) is 15.3. The van der Waals surface area contributed by atoms with Crippen molar-refractivity contribution < 1.29 is 34.1 Å². The number of nitrogens with one attached hydrogen (secondary N) is 3. The number of phenols is 1.